The molecule has 0 atom stereocenters. The first-order valence-corrected chi connectivity index (χ1v) is 5.65. The van der Waals surface area contributed by atoms with E-state index < -0.39 is 17.3 Å². The largest absolute Gasteiger partial charge is 0.347 e. The number of aryl methyl sites for hydroxylation is 1. The number of nitrogens with two attached hydrogens (primary N) is 1. The molecule has 0 bridgehead atoms. The summed E-state index contributed by atoms with van der Waals surface area (Å²) in [4.78, 5) is 11.9. The number of carbonyl (C=O) groups is 1. The Morgan fingerprint density at radius 3 is 2.71 bits per heavy atom. The molecule has 1 rings (SSSR count). The summed E-state index contributed by atoms with van der Waals surface area (Å²) < 4.78 is 13.7. The maximum atomic E-state index is 13.7. The van der Waals surface area contributed by atoms with E-state index >= 15 is 0 Å². The molecule has 0 heterocycles. The molecule has 1 aromatic rings. The lowest BCUT2D eigenvalue weighted by atomic mass is 9.99. The van der Waals surface area contributed by atoms with Gasteiger partial charge in [-0.15, -0.1) is 0 Å². The molecule has 0 unspecified atom stereocenters. The lowest BCUT2D eigenvalue weighted by Gasteiger charge is -2.25. The summed E-state index contributed by atoms with van der Waals surface area (Å²) in [6.45, 7) is 5.84. The van der Waals surface area contributed by atoms with E-state index in [1.807, 2.05) is 13.8 Å². The highest BCUT2D eigenvalue weighted by Crippen LogP contribution is 2.14. The molecular formula is C13H19FN2O. The van der Waals surface area contributed by atoms with E-state index in [0.29, 0.717) is 18.5 Å². The molecule has 3 nitrogen and oxygen atoms in total. The Kier molecular flexibility index (Phi) is 4.23. The van der Waals surface area contributed by atoms with Crippen LogP contribution >= 0.6 is 0 Å². The van der Waals surface area contributed by atoms with Gasteiger partial charge < -0.3 is 11.1 Å². The van der Waals surface area contributed by atoms with Crippen LogP contribution in [0.25, 0.3) is 0 Å². The molecule has 1 amide bonds. The van der Waals surface area contributed by atoms with Crippen LogP contribution in [0.3, 0.4) is 0 Å². The standard InChI is InChI=1S/C13H19FN2O/c1-9-5-4-6-10(11(9)14)12(17)16-13(2,3)7-8-15/h4-6H,7-8,15H2,1-3H3,(H,16,17). The summed E-state index contributed by atoms with van der Waals surface area (Å²) in [5, 5.41) is 2.78. The van der Waals surface area contributed by atoms with Gasteiger partial charge in [0.25, 0.3) is 5.91 Å². The lowest BCUT2D eigenvalue weighted by Crippen LogP contribution is -2.45. The van der Waals surface area contributed by atoms with Crippen molar-refractivity contribution in [1.82, 2.24) is 5.32 Å². The van der Waals surface area contributed by atoms with Crippen molar-refractivity contribution >= 4 is 5.91 Å². The van der Waals surface area contributed by atoms with Crippen LogP contribution in [0.4, 0.5) is 4.39 Å². The summed E-state index contributed by atoms with van der Waals surface area (Å²) in [5.74, 6) is -0.863. The smallest absolute Gasteiger partial charge is 0.254 e. The first-order chi connectivity index (χ1) is 7.87. The first-order valence-electron chi connectivity index (χ1n) is 5.65. The van der Waals surface area contributed by atoms with E-state index in [4.69, 9.17) is 5.73 Å². The van der Waals surface area contributed by atoms with Gasteiger partial charge in [-0.25, -0.2) is 4.39 Å². The molecule has 0 aliphatic rings. The summed E-state index contributed by atoms with van der Waals surface area (Å²) in [6.07, 6.45) is 0.645. The molecular weight excluding hydrogens is 219 g/mol. The van der Waals surface area contributed by atoms with Gasteiger partial charge in [0.2, 0.25) is 0 Å². The van der Waals surface area contributed by atoms with Gasteiger partial charge in [0, 0.05) is 5.54 Å². The number of halogens is 1. The Morgan fingerprint density at radius 2 is 2.12 bits per heavy atom. The summed E-state index contributed by atoms with van der Waals surface area (Å²) >= 11 is 0. The number of amides is 1. The summed E-state index contributed by atoms with van der Waals surface area (Å²) in [6, 6.07) is 4.79. The molecule has 0 aliphatic carbocycles. The number of carbonyl (C=O) groups excluding carboxylic acids is 1. The van der Waals surface area contributed by atoms with Gasteiger partial charge in [-0.05, 0) is 45.4 Å². The van der Waals surface area contributed by atoms with Crippen molar-refractivity contribution in [3.05, 3.63) is 35.1 Å². The molecule has 4 heteroatoms. The Morgan fingerprint density at radius 1 is 1.47 bits per heavy atom. The molecule has 0 spiro atoms. The first kappa shape index (κ1) is 13.6. The van der Waals surface area contributed by atoms with E-state index in [1.54, 1.807) is 19.1 Å². The van der Waals surface area contributed by atoms with Crippen molar-refractivity contribution in [2.45, 2.75) is 32.7 Å². The van der Waals surface area contributed by atoms with Crippen LogP contribution in [-0.2, 0) is 0 Å². The zero-order valence-corrected chi connectivity index (χ0v) is 10.5. The van der Waals surface area contributed by atoms with Crippen LogP contribution in [0.1, 0.15) is 36.2 Å². The second-order valence-electron chi connectivity index (χ2n) is 4.81. The van der Waals surface area contributed by atoms with Crippen LogP contribution in [-0.4, -0.2) is 18.0 Å². The van der Waals surface area contributed by atoms with E-state index in [2.05, 4.69) is 5.32 Å². The maximum Gasteiger partial charge on any atom is 0.254 e. The number of hydrogen-bond acceptors (Lipinski definition) is 2. The van der Waals surface area contributed by atoms with Crippen molar-refractivity contribution in [2.75, 3.05) is 6.54 Å². The van der Waals surface area contributed by atoms with E-state index in [-0.39, 0.29) is 5.56 Å². The van der Waals surface area contributed by atoms with Crippen molar-refractivity contribution in [3.8, 4) is 0 Å². The average Bonchev–Trinajstić information content (AvgIpc) is 2.21. The highest BCUT2D eigenvalue weighted by Gasteiger charge is 2.22. The molecule has 94 valence electrons. The van der Waals surface area contributed by atoms with Crippen molar-refractivity contribution in [2.24, 2.45) is 5.73 Å². The maximum absolute atomic E-state index is 13.7. The van der Waals surface area contributed by atoms with Gasteiger partial charge in [0.1, 0.15) is 5.82 Å². The Balaban J connectivity index is 2.87. The predicted molar refractivity (Wildman–Crippen MR) is 66.4 cm³/mol. The molecule has 0 fully saturated rings. The van der Waals surface area contributed by atoms with Gasteiger partial charge in [-0.3, -0.25) is 4.79 Å². The van der Waals surface area contributed by atoms with Crippen molar-refractivity contribution < 1.29 is 9.18 Å². The fraction of sp³-hybridized carbons (Fsp3) is 0.462. The fourth-order valence-corrected chi connectivity index (χ4v) is 1.62. The van der Waals surface area contributed by atoms with Gasteiger partial charge >= 0.3 is 0 Å². The molecule has 0 aromatic heterocycles. The second-order valence-corrected chi connectivity index (χ2v) is 4.81. The van der Waals surface area contributed by atoms with Gasteiger partial charge in [0.15, 0.2) is 0 Å². The topological polar surface area (TPSA) is 55.1 Å². The number of rotatable bonds is 4. The Labute approximate surface area is 101 Å². The number of benzene rings is 1. The third kappa shape index (κ3) is 3.53. The van der Waals surface area contributed by atoms with Crippen LogP contribution in [0.2, 0.25) is 0 Å². The second kappa shape index (κ2) is 5.27. The van der Waals surface area contributed by atoms with E-state index in [1.165, 1.54) is 6.07 Å². The monoisotopic (exact) mass is 238 g/mol. The molecule has 0 saturated heterocycles. The minimum atomic E-state index is -0.464. The van der Waals surface area contributed by atoms with Crippen LogP contribution < -0.4 is 11.1 Å². The van der Waals surface area contributed by atoms with Crippen molar-refractivity contribution in [3.63, 3.8) is 0 Å². The predicted octanol–water partition coefficient (Wildman–Crippen LogP) is 1.99. The molecule has 1 aromatic carbocycles. The molecule has 0 radical (unpaired) electrons. The van der Waals surface area contributed by atoms with Gasteiger partial charge in [-0.1, -0.05) is 12.1 Å². The average molecular weight is 238 g/mol. The zero-order valence-electron chi connectivity index (χ0n) is 10.5. The molecule has 0 aliphatic heterocycles. The minimum Gasteiger partial charge on any atom is -0.347 e. The van der Waals surface area contributed by atoms with E-state index in [0.717, 1.165) is 0 Å². The van der Waals surface area contributed by atoms with Gasteiger partial charge in [0.05, 0.1) is 5.56 Å². The van der Waals surface area contributed by atoms with Crippen molar-refractivity contribution in [1.29, 1.82) is 0 Å². The normalized spacial score (nSPS) is 11.4. The molecule has 17 heavy (non-hydrogen) atoms. The summed E-state index contributed by atoms with van der Waals surface area (Å²) in [5.41, 5.74) is 5.57. The number of nitrogens with one attached hydrogen (secondary N) is 1. The van der Waals surface area contributed by atoms with Crippen LogP contribution in [0, 0.1) is 12.7 Å². The quantitative estimate of drug-likeness (QED) is 0.842. The zero-order chi connectivity index (χ0) is 13.1. The fourth-order valence-electron chi connectivity index (χ4n) is 1.62. The number of hydrogen-bond donors (Lipinski definition) is 2. The summed E-state index contributed by atoms with van der Waals surface area (Å²) in [7, 11) is 0. The highest BCUT2D eigenvalue weighted by atomic mass is 19.1. The lowest BCUT2D eigenvalue weighted by molar-refractivity contribution is 0.0906. The molecule has 3 N–H and O–H groups in total. The third-order valence-corrected chi connectivity index (χ3v) is 2.66. The minimum absolute atomic E-state index is 0.0788. The third-order valence-electron chi connectivity index (χ3n) is 2.66. The van der Waals surface area contributed by atoms with Gasteiger partial charge in [-0.2, -0.15) is 0 Å². The van der Waals surface area contributed by atoms with E-state index in [9.17, 15) is 9.18 Å². The Bertz CT molecular complexity index is 416. The van der Waals surface area contributed by atoms with Crippen LogP contribution in [0.5, 0.6) is 0 Å². The molecule has 0 saturated carbocycles. The Hall–Kier alpha value is -1.42. The van der Waals surface area contributed by atoms with Crippen LogP contribution in [0.15, 0.2) is 18.2 Å². The highest BCUT2D eigenvalue weighted by molar-refractivity contribution is 5.95. The SMILES string of the molecule is Cc1cccc(C(=O)NC(C)(C)CCN)c1F.